The largest absolute Gasteiger partial charge is 0.387 e. The molecule has 2 aromatic rings. The highest BCUT2D eigenvalue weighted by Gasteiger charge is 2.22. The molecule has 1 N–H and O–H groups in total. The number of β-amino-alcohol motifs (C(OH)–C–C–N with tert-alkyl or cyclic N) is 1. The summed E-state index contributed by atoms with van der Waals surface area (Å²) in [5, 5.41) is 14.5. The average molecular weight is 342 g/mol. The number of piperazine rings is 1. The third-order valence-corrected chi connectivity index (χ3v) is 4.68. The first-order chi connectivity index (χ1) is 12.2. The van der Waals surface area contributed by atoms with Crippen molar-refractivity contribution in [2.75, 3.05) is 32.7 Å². The van der Waals surface area contributed by atoms with Gasteiger partial charge in [0.05, 0.1) is 6.10 Å². The van der Waals surface area contributed by atoms with Gasteiger partial charge in [0.15, 0.2) is 0 Å². The highest BCUT2D eigenvalue weighted by Crippen LogP contribution is 2.15. The smallest absolute Gasteiger partial charge is 0.222 e. The Balaban J connectivity index is 1.37. The Labute approximate surface area is 148 Å². The van der Waals surface area contributed by atoms with Gasteiger partial charge < -0.3 is 10.0 Å². The summed E-state index contributed by atoms with van der Waals surface area (Å²) in [6, 6.07) is 11.6. The summed E-state index contributed by atoms with van der Waals surface area (Å²) < 4.78 is 1.86. The maximum atomic E-state index is 12.3. The Morgan fingerprint density at radius 3 is 2.56 bits per heavy atom. The fourth-order valence-corrected chi connectivity index (χ4v) is 3.19. The number of aliphatic hydroxyl groups excluding tert-OH is 1. The van der Waals surface area contributed by atoms with E-state index in [0.29, 0.717) is 13.0 Å². The lowest BCUT2D eigenvalue weighted by Gasteiger charge is -2.35. The van der Waals surface area contributed by atoms with Gasteiger partial charge in [-0.1, -0.05) is 30.3 Å². The fourth-order valence-electron chi connectivity index (χ4n) is 3.19. The maximum absolute atomic E-state index is 12.3. The van der Waals surface area contributed by atoms with Crippen LogP contribution in [-0.4, -0.2) is 63.3 Å². The van der Waals surface area contributed by atoms with Crippen molar-refractivity contribution in [3.8, 4) is 0 Å². The molecule has 1 aliphatic rings. The van der Waals surface area contributed by atoms with Crippen LogP contribution in [0.15, 0.2) is 48.8 Å². The van der Waals surface area contributed by atoms with Crippen molar-refractivity contribution in [1.29, 1.82) is 0 Å². The molecule has 2 heterocycles. The number of amides is 1. The SMILES string of the molecule is O=C(CCCn1cccn1)N1CCN(C[C@H](O)c2ccccc2)CC1. The summed E-state index contributed by atoms with van der Waals surface area (Å²) in [6.07, 6.45) is 4.57. The van der Waals surface area contributed by atoms with Gasteiger partial charge in [-0.15, -0.1) is 0 Å². The van der Waals surface area contributed by atoms with E-state index >= 15 is 0 Å². The molecule has 0 bridgehead atoms. The molecule has 1 aromatic heterocycles. The number of carbonyl (C=O) groups is 1. The van der Waals surface area contributed by atoms with Crippen LogP contribution in [0.1, 0.15) is 24.5 Å². The molecule has 3 rings (SSSR count). The van der Waals surface area contributed by atoms with Crippen molar-refractivity contribution in [3.63, 3.8) is 0 Å². The van der Waals surface area contributed by atoms with Crippen LogP contribution in [0.25, 0.3) is 0 Å². The molecule has 0 unspecified atom stereocenters. The zero-order valence-electron chi connectivity index (χ0n) is 14.5. The summed E-state index contributed by atoms with van der Waals surface area (Å²) >= 11 is 0. The lowest BCUT2D eigenvalue weighted by atomic mass is 10.1. The highest BCUT2D eigenvalue weighted by atomic mass is 16.3. The molecule has 0 saturated carbocycles. The van der Waals surface area contributed by atoms with E-state index in [4.69, 9.17) is 0 Å². The molecule has 1 fully saturated rings. The van der Waals surface area contributed by atoms with Crippen LogP contribution in [-0.2, 0) is 11.3 Å². The van der Waals surface area contributed by atoms with Crippen molar-refractivity contribution in [1.82, 2.24) is 19.6 Å². The predicted molar refractivity (Wildman–Crippen MR) is 95.9 cm³/mol. The van der Waals surface area contributed by atoms with Crippen molar-refractivity contribution >= 4 is 5.91 Å². The van der Waals surface area contributed by atoms with E-state index in [9.17, 15) is 9.90 Å². The number of aryl methyl sites for hydroxylation is 1. The van der Waals surface area contributed by atoms with Gasteiger partial charge in [-0.2, -0.15) is 5.10 Å². The Morgan fingerprint density at radius 1 is 1.12 bits per heavy atom. The first kappa shape index (κ1) is 17.6. The van der Waals surface area contributed by atoms with Crippen LogP contribution in [0, 0.1) is 0 Å². The van der Waals surface area contributed by atoms with Crippen molar-refractivity contribution < 1.29 is 9.90 Å². The minimum atomic E-state index is -0.475. The van der Waals surface area contributed by atoms with Crippen LogP contribution in [0.2, 0.25) is 0 Å². The predicted octanol–water partition coefficient (Wildman–Crippen LogP) is 1.54. The lowest BCUT2D eigenvalue weighted by molar-refractivity contribution is -0.133. The van der Waals surface area contributed by atoms with Crippen LogP contribution in [0.3, 0.4) is 0 Å². The minimum Gasteiger partial charge on any atom is -0.387 e. The van der Waals surface area contributed by atoms with Gasteiger partial charge in [-0.3, -0.25) is 14.4 Å². The Morgan fingerprint density at radius 2 is 1.88 bits per heavy atom. The third-order valence-electron chi connectivity index (χ3n) is 4.68. The number of aliphatic hydroxyl groups is 1. The third kappa shape index (κ3) is 5.14. The van der Waals surface area contributed by atoms with Gasteiger partial charge in [0.2, 0.25) is 5.91 Å². The molecule has 1 saturated heterocycles. The van der Waals surface area contributed by atoms with Crippen molar-refractivity contribution in [3.05, 3.63) is 54.4 Å². The number of rotatable bonds is 7. The second-order valence-corrected chi connectivity index (χ2v) is 6.48. The number of carbonyl (C=O) groups excluding carboxylic acids is 1. The molecule has 134 valence electrons. The molecule has 0 spiro atoms. The van der Waals surface area contributed by atoms with E-state index in [1.54, 1.807) is 6.20 Å². The molecule has 1 amide bonds. The van der Waals surface area contributed by atoms with Gasteiger partial charge >= 0.3 is 0 Å². The number of hydrogen-bond donors (Lipinski definition) is 1. The van der Waals surface area contributed by atoms with Gasteiger partial charge in [-0.05, 0) is 18.1 Å². The first-order valence-electron chi connectivity index (χ1n) is 8.93. The number of hydrogen-bond acceptors (Lipinski definition) is 4. The minimum absolute atomic E-state index is 0.218. The van der Waals surface area contributed by atoms with Crippen molar-refractivity contribution in [2.24, 2.45) is 0 Å². The molecule has 1 atom stereocenters. The number of aromatic nitrogens is 2. The first-order valence-corrected chi connectivity index (χ1v) is 8.93. The van der Waals surface area contributed by atoms with E-state index in [0.717, 1.165) is 44.7 Å². The summed E-state index contributed by atoms with van der Waals surface area (Å²) in [5.41, 5.74) is 0.944. The fraction of sp³-hybridized carbons (Fsp3) is 0.474. The van der Waals surface area contributed by atoms with E-state index in [-0.39, 0.29) is 5.91 Å². The zero-order valence-corrected chi connectivity index (χ0v) is 14.5. The van der Waals surface area contributed by atoms with Crippen LogP contribution in [0.4, 0.5) is 0 Å². The van der Waals surface area contributed by atoms with Crippen LogP contribution >= 0.6 is 0 Å². The summed E-state index contributed by atoms with van der Waals surface area (Å²) in [5.74, 6) is 0.218. The van der Waals surface area contributed by atoms with Gasteiger partial charge in [0.25, 0.3) is 0 Å². The second kappa shape index (κ2) is 8.78. The topological polar surface area (TPSA) is 61.6 Å². The molecular weight excluding hydrogens is 316 g/mol. The Kier molecular flexibility index (Phi) is 6.19. The Hall–Kier alpha value is -2.18. The van der Waals surface area contributed by atoms with Gasteiger partial charge in [-0.25, -0.2) is 0 Å². The molecular formula is C19H26N4O2. The normalized spacial score (nSPS) is 16.8. The number of nitrogens with zero attached hydrogens (tertiary/aromatic N) is 4. The lowest BCUT2D eigenvalue weighted by Crippen LogP contribution is -2.49. The molecule has 1 aliphatic heterocycles. The molecule has 0 radical (unpaired) electrons. The van der Waals surface area contributed by atoms with Crippen LogP contribution < -0.4 is 0 Å². The molecule has 1 aromatic carbocycles. The quantitative estimate of drug-likeness (QED) is 0.829. The standard InChI is InChI=1S/C19H26N4O2/c24-18(17-6-2-1-3-7-17)16-21-12-14-22(15-13-21)19(25)8-4-10-23-11-5-9-20-23/h1-3,5-7,9,11,18,24H,4,8,10,12-16H2/t18-/m0/s1. The van der Waals surface area contributed by atoms with E-state index in [1.165, 1.54) is 0 Å². The Bertz CT molecular complexity index is 637. The summed E-state index contributed by atoms with van der Waals surface area (Å²) in [4.78, 5) is 16.5. The molecule has 6 nitrogen and oxygen atoms in total. The average Bonchev–Trinajstić information content (AvgIpc) is 3.16. The molecule has 25 heavy (non-hydrogen) atoms. The second-order valence-electron chi connectivity index (χ2n) is 6.48. The van der Waals surface area contributed by atoms with Gasteiger partial charge in [0, 0.05) is 58.1 Å². The number of benzene rings is 1. The zero-order chi connectivity index (χ0) is 17.5. The van der Waals surface area contributed by atoms with E-state index in [2.05, 4.69) is 10.00 Å². The molecule has 6 heteroatoms. The summed E-state index contributed by atoms with van der Waals surface area (Å²) in [7, 11) is 0. The maximum Gasteiger partial charge on any atom is 0.222 e. The van der Waals surface area contributed by atoms with E-state index < -0.39 is 6.10 Å². The molecule has 0 aliphatic carbocycles. The van der Waals surface area contributed by atoms with E-state index in [1.807, 2.05) is 52.2 Å². The van der Waals surface area contributed by atoms with Crippen molar-refractivity contribution in [2.45, 2.75) is 25.5 Å². The van der Waals surface area contributed by atoms with Gasteiger partial charge in [0.1, 0.15) is 0 Å². The monoisotopic (exact) mass is 342 g/mol. The summed E-state index contributed by atoms with van der Waals surface area (Å²) in [6.45, 7) is 4.50. The van der Waals surface area contributed by atoms with Crippen LogP contribution in [0.5, 0.6) is 0 Å². The highest BCUT2D eigenvalue weighted by molar-refractivity contribution is 5.76.